The van der Waals surface area contributed by atoms with Crippen LogP contribution in [0.15, 0.2) is 16.6 Å². The molecule has 0 spiro atoms. The molecule has 0 aliphatic carbocycles. The van der Waals surface area contributed by atoms with Crippen LogP contribution in [-0.2, 0) is 11.3 Å². The molecule has 0 N–H and O–H groups in total. The summed E-state index contributed by atoms with van der Waals surface area (Å²) >= 11 is 3.34. The number of carbonyl (C=O) groups excluding carboxylic acids is 1. The molecule has 0 fully saturated rings. The zero-order chi connectivity index (χ0) is 10.1. The van der Waals surface area contributed by atoms with E-state index in [9.17, 15) is 4.79 Å². The van der Waals surface area contributed by atoms with Crippen molar-refractivity contribution in [2.24, 2.45) is 0 Å². The minimum absolute atomic E-state index is 0.0229. The van der Waals surface area contributed by atoms with Crippen LogP contribution in [0.4, 0.5) is 0 Å². The Bertz CT molecular complexity index is 387. The predicted molar refractivity (Wildman–Crippen MR) is 54.4 cm³/mol. The van der Waals surface area contributed by atoms with E-state index < -0.39 is 0 Å². The molecule has 3 nitrogen and oxygen atoms in total. The number of ketones is 1. The Kier molecular flexibility index (Phi) is 2.56. The molecule has 1 aromatic rings. The maximum Gasteiger partial charge on any atom is 0.189 e. The topological polar surface area (TPSA) is 35.5 Å². The van der Waals surface area contributed by atoms with Crippen molar-refractivity contribution in [2.45, 2.75) is 13.5 Å². The number of benzene rings is 1. The Hall–Kier alpha value is -0.870. The van der Waals surface area contributed by atoms with Gasteiger partial charge in [0.2, 0.25) is 0 Å². The summed E-state index contributed by atoms with van der Waals surface area (Å²) in [5, 5.41) is 0. The number of Topliss-reactive ketones (excluding diaryl/α,β-unsaturated/α-hetero) is 1. The van der Waals surface area contributed by atoms with Crippen molar-refractivity contribution in [2.75, 3.05) is 6.79 Å². The first-order valence-electron chi connectivity index (χ1n) is 4.22. The first kappa shape index (κ1) is 9.68. The van der Waals surface area contributed by atoms with Crippen LogP contribution in [0.1, 0.15) is 22.8 Å². The van der Waals surface area contributed by atoms with Crippen LogP contribution in [0, 0.1) is 0 Å². The third-order valence-corrected chi connectivity index (χ3v) is 2.74. The second-order valence-electron chi connectivity index (χ2n) is 3.11. The van der Waals surface area contributed by atoms with E-state index in [-0.39, 0.29) is 12.6 Å². The number of carbonyl (C=O) groups is 1. The van der Waals surface area contributed by atoms with Crippen molar-refractivity contribution in [3.63, 3.8) is 0 Å². The molecule has 1 aliphatic heterocycles. The summed E-state index contributed by atoms with van der Waals surface area (Å²) in [7, 11) is 0. The number of ether oxygens (including phenoxy) is 2. The molecule has 0 saturated heterocycles. The third-order valence-electron chi connectivity index (χ3n) is 2.08. The molecule has 1 heterocycles. The van der Waals surface area contributed by atoms with Gasteiger partial charge in [0.25, 0.3) is 0 Å². The van der Waals surface area contributed by atoms with Gasteiger partial charge in [-0.05, 0) is 19.1 Å². The Morgan fingerprint density at radius 2 is 2.29 bits per heavy atom. The van der Waals surface area contributed by atoms with Crippen LogP contribution in [0.2, 0.25) is 0 Å². The summed E-state index contributed by atoms with van der Waals surface area (Å²) in [4.78, 5) is 11.2. The van der Waals surface area contributed by atoms with Gasteiger partial charge in [-0.25, -0.2) is 0 Å². The molecule has 1 aromatic carbocycles. The molecule has 0 radical (unpaired) electrons. The van der Waals surface area contributed by atoms with E-state index in [0.717, 1.165) is 15.8 Å². The highest BCUT2D eigenvalue weighted by molar-refractivity contribution is 9.10. The monoisotopic (exact) mass is 256 g/mol. The molecule has 0 amide bonds. The van der Waals surface area contributed by atoms with E-state index in [4.69, 9.17) is 9.47 Å². The molecule has 0 bridgehead atoms. The van der Waals surface area contributed by atoms with E-state index in [1.165, 1.54) is 6.92 Å². The average molecular weight is 257 g/mol. The Morgan fingerprint density at radius 3 is 3.00 bits per heavy atom. The van der Waals surface area contributed by atoms with Gasteiger partial charge >= 0.3 is 0 Å². The maximum atomic E-state index is 11.2. The van der Waals surface area contributed by atoms with E-state index in [1.807, 2.05) is 6.07 Å². The highest BCUT2D eigenvalue weighted by Gasteiger charge is 2.15. The fourth-order valence-corrected chi connectivity index (χ4v) is 2.04. The summed E-state index contributed by atoms with van der Waals surface area (Å²) < 4.78 is 11.2. The van der Waals surface area contributed by atoms with Crippen LogP contribution < -0.4 is 4.74 Å². The number of hydrogen-bond donors (Lipinski definition) is 0. The van der Waals surface area contributed by atoms with Crippen molar-refractivity contribution in [3.8, 4) is 5.75 Å². The first-order chi connectivity index (χ1) is 6.68. The summed E-state index contributed by atoms with van der Waals surface area (Å²) in [5.41, 5.74) is 1.61. The van der Waals surface area contributed by atoms with E-state index in [1.54, 1.807) is 6.07 Å². The largest absolute Gasteiger partial charge is 0.467 e. The molecule has 2 rings (SSSR count). The van der Waals surface area contributed by atoms with Crippen LogP contribution in [0.25, 0.3) is 0 Å². The quantitative estimate of drug-likeness (QED) is 0.725. The molecule has 4 heteroatoms. The van der Waals surface area contributed by atoms with Crippen molar-refractivity contribution in [1.82, 2.24) is 0 Å². The average Bonchev–Trinajstić information content (AvgIpc) is 2.16. The molecule has 1 aliphatic rings. The van der Waals surface area contributed by atoms with Crippen LogP contribution >= 0.6 is 15.9 Å². The van der Waals surface area contributed by atoms with Gasteiger partial charge in [0, 0.05) is 15.6 Å². The van der Waals surface area contributed by atoms with E-state index in [0.29, 0.717) is 12.2 Å². The van der Waals surface area contributed by atoms with Gasteiger partial charge in [-0.3, -0.25) is 4.79 Å². The summed E-state index contributed by atoms with van der Waals surface area (Å²) in [6, 6.07) is 3.62. The Labute approximate surface area is 90.1 Å². The van der Waals surface area contributed by atoms with E-state index >= 15 is 0 Å². The van der Waals surface area contributed by atoms with Crippen LogP contribution in [0.3, 0.4) is 0 Å². The van der Waals surface area contributed by atoms with Gasteiger partial charge in [-0.2, -0.15) is 0 Å². The molecule has 0 unspecified atom stereocenters. The lowest BCUT2D eigenvalue weighted by molar-refractivity contribution is -0.0164. The van der Waals surface area contributed by atoms with Gasteiger partial charge in [0.05, 0.1) is 6.61 Å². The summed E-state index contributed by atoms with van der Waals surface area (Å²) in [5.74, 6) is 0.763. The molecule has 74 valence electrons. The van der Waals surface area contributed by atoms with Gasteiger partial charge in [0.15, 0.2) is 12.6 Å². The predicted octanol–water partition coefficient (Wildman–Crippen LogP) is 2.52. The summed E-state index contributed by atoms with van der Waals surface area (Å²) in [6.45, 7) is 2.32. The highest BCUT2D eigenvalue weighted by Crippen LogP contribution is 2.30. The standard InChI is InChI=1S/C10H9BrO3/c1-6(12)8-3-10-7(2-9(8)11)4-13-5-14-10/h2-3H,4-5H2,1H3. The zero-order valence-electron chi connectivity index (χ0n) is 7.67. The lowest BCUT2D eigenvalue weighted by Crippen LogP contribution is -2.12. The number of hydrogen-bond acceptors (Lipinski definition) is 3. The smallest absolute Gasteiger partial charge is 0.189 e. The molecule has 14 heavy (non-hydrogen) atoms. The lowest BCUT2D eigenvalue weighted by atomic mass is 10.1. The van der Waals surface area contributed by atoms with Crippen LogP contribution in [-0.4, -0.2) is 12.6 Å². The van der Waals surface area contributed by atoms with E-state index in [2.05, 4.69) is 15.9 Å². The van der Waals surface area contributed by atoms with Gasteiger partial charge in [0.1, 0.15) is 5.75 Å². The fourth-order valence-electron chi connectivity index (χ4n) is 1.37. The Balaban J connectivity index is 2.50. The van der Waals surface area contributed by atoms with Crippen molar-refractivity contribution in [3.05, 3.63) is 27.7 Å². The lowest BCUT2D eigenvalue weighted by Gasteiger charge is -2.18. The minimum atomic E-state index is 0.0229. The van der Waals surface area contributed by atoms with Crippen LogP contribution in [0.5, 0.6) is 5.75 Å². The zero-order valence-corrected chi connectivity index (χ0v) is 9.26. The normalized spacial score (nSPS) is 14.4. The van der Waals surface area contributed by atoms with Crippen molar-refractivity contribution in [1.29, 1.82) is 0 Å². The number of rotatable bonds is 1. The second-order valence-corrected chi connectivity index (χ2v) is 3.96. The number of fused-ring (bicyclic) bond motifs is 1. The molecular weight excluding hydrogens is 248 g/mol. The van der Waals surface area contributed by atoms with Gasteiger partial charge in [-0.1, -0.05) is 15.9 Å². The molecule has 0 atom stereocenters. The minimum Gasteiger partial charge on any atom is -0.467 e. The van der Waals surface area contributed by atoms with Crippen molar-refractivity contribution < 1.29 is 14.3 Å². The Morgan fingerprint density at radius 1 is 1.50 bits per heavy atom. The SMILES string of the molecule is CC(=O)c1cc2c(cc1Br)COCO2. The molecule has 0 aromatic heterocycles. The maximum absolute atomic E-state index is 11.2. The first-order valence-corrected chi connectivity index (χ1v) is 5.01. The van der Waals surface area contributed by atoms with Gasteiger partial charge in [-0.15, -0.1) is 0 Å². The van der Waals surface area contributed by atoms with Gasteiger partial charge < -0.3 is 9.47 Å². The summed E-state index contributed by atoms with van der Waals surface area (Å²) in [6.07, 6.45) is 0. The second kappa shape index (κ2) is 3.71. The third kappa shape index (κ3) is 1.67. The highest BCUT2D eigenvalue weighted by atomic mass is 79.9. The molecule has 0 saturated carbocycles. The molecular formula is C10H9BrO3. The number of halogens is 1. The van der Waals surface area contributed by atoms with Crippen molar-refractivity contribution >= 4 is 21.7 Å². The fraction of sp³-hybridized carbons (Fsp3) is 0.300.